The van der Waals surface area contributed by atoms with Crippen LogP contribution in [-0.4, -0.2) is 50.6 Å². The molecule has 1 aliphatic carbocycles. The molecule has 1 amide bonds. The van der Waals surface area contributed by atoms with Gasteiger partial charge in [0.25, 0.3) is 5.91 Å². The van der Waals surface area contributed by atoms with Crippen molar-refractivity contribution in [1.82, 2.24) is 4.90 Å². The lowest BCUT2D eigenvalue weighted by atomic mass is 10.2. The van der Waals surface area contributed by atoms with Crippen LogP contribution in [0.2, 0.25) is 0 Å². The molecule has 2 aliphatic rings. The van der Waals surface area contributed by atoms with Gasteiger partial charge in [-0.3, -0.25) is 9.10 Å². The van der Waals surface area contributed by atoms with E-state index in [-0.39, 0.29) is 23.8 Å². The van der Waals surface area contributed by atoms with Crippen molar-refractivity contribution in [1.29, 1.82) is 0 Å². The zero-order valence-electron chi connectivity index (χ0n) is 15.4. The van der Waals surface area contributed by atoms with Crippen LogP contribution >= 0.6 is 0 Å². The van der Waals surface area contributed by atoms with Gasteiger partial charge in [0.2, 0.25) is 10.0 Å². The molecule has 1 aromatic carbocycles. The number of hydrogen-bond donors (Lipinski definition) is 0. The summed E-state index contributed by atoms with van der Waals surface area (Å²) < 4.78 is 30.4. The molecule has 0 unspecified atom stereocenters. The van der Waals surface area contributed by atoms with Crippen molar-refractivity contribution in [3.8, 4) is 0 Å². The van der Waals surface area contributed by atoms with E-state index in [4.69, 9.17) is 4.74 Å². The highest BCUT2D eigenvalue weighted by molar-refractivity contribution is 7.93. The number of carbonyl (C=O) groups is 2. The third-order valence-electron chi connectivity index (χ3n) is 4.80. The molecule has 1 saturated heterocycles. The van der Waals surface area contributed by atoms with E-state index in [1.54, 1.807) is 17.0 Å². The zero-order chi connectivity index (χ0) is 19.4. The van der Waals surface area contributed by atoms with E-state index in [0.29, 0.717) is 25.2 Å². The predicted octanol–water partition coefficient (Wildman–Crippen LogP) is 2.30. The van der Waals surface area contributed by atoms with Crippen LogP contribution in [0.3, 0.4) is 0 Å². The van der Waals surface area contributed by atoms with E-state index in [9.17, 15) is 18.0 Å². The quantitative estimate of drug-likeness (QED) is 0.694. The van der Waals surface area contributed by atoms with E-state index in [1.807, 2.05) is 13.0 Å². The number of esters is 1. The number of carbonyl (C=O) groups excluding carboxylic acids is 2. The topological polar surface area (TPSA) is 84.0 Å². The fourth-order valence-corrected chi connectivity index (χ4v) is 4.99. The number of amides is 1. The van der Waals surface area contributed by atoms with Gasteiger partial charge < -0.3 is 9.64 Å². The smallest absolute Gasteiger partial charge is 0.338 e. The SMILES string of the molecule is CCN(C(=O)COC(=O)c1ccc(N2CCCS2(=O)=O)cc1)C1=CCCC1. The summed E-state index contributed by atoms with van der Waals surface area (Å²) in [6.45, 7) is 2.57. The molecule has 0 saturated carbocycles. The Bertz CT molecular complexity index is 845. The van der Waals surface area contributed by atoms with Crippen molar-refractivity contribution < 1.29 is 22.7 Å². The lowest BCUT2D eigenvalue weighted by Gasteiger charge is -2.22. The Kier molecular flexibility index (Phi) is 5.84. The highest BCUT2D eigenvalue weighted by Crippen LogP contribution is 2.24. The molecule has 27 heavy (non-hydrogen) atoms. The van der Waals surface area contributed by atoms with Crippen LogP contribution in [0.5, 0.6) is 0 Å². The van der Waals surface area contributed by atoms with E-state index in [2.05, 4.69) is 0 Å². The lowest BCUT2D eigenvalue weighted by Crippen LogP contribution is -2.33. The van der Waals surface area contributed by atoms with E-state index in [1.165, 1.54) is 16.4 Å². The number of allylic oxidation sites excluding steroid dienone is 2. The molecule has 8 heteroatoms. The molecule has 1 heterocycles. The maximum absolute atomic E-state index is 12.3. The number of sulfonamides is 1. The summed E-state index contributed by atoms with van der Waals surface area (Å²) in [5.74, 6) is -0.696. The minimum atomic E-state index is -3.25. The summed E-state index contributed by atoms with van der Waals surface area (Å²) in [5.41, 5.74) is 1.81. The molecule has 1 aromatic rings. The highest BCUT2D eigenvalue weighted by atomic mass is 32.2. The van der Waals surface area contributed by atoms with E-state index >= 15 is 0 Å². The van der Waals surface area contributed by atoms with Crippen molar-refractivity contribution >= 4 is 27.6 Å². The first-order valence-electron chi connectivity index (χ1n) is 9.19. The standard InChI is InChI=1S/C19H24N2O5S/c1-2-20(16-6-3-4-7-16)18(22)14-26-19(23)15-8-10-17(11-9-15)21-12-5-13-27(21,24)25/h6,8-11H,2-5,7,12-14H2,1H3. The maximum Gasteiger partial charge on any atom is 0.338 e. The van der Waals surface area contributed by atoms with Gasteiger partial charge in [-0.2, -0.15) is 0 Å². The van der Waals surface area contributed by atoms with Gasteiger partial charge in [0.1, 0.15) is 0 Å². The van der Waals surface area contributed by atoms with Crippen LogP contribution in [0.1, 0.15) is 43.0 Å². The fraction of sp³-hybridized carbons (Fsp3) is 0.474. The second-order valence-corrected chi connectivity index (χ2v) is 8.60. The summed E-state index contributed by atoms with van der Waals surface area (Å²) in [5, 5.41) is 0. The zero-order valence-corrected chi connectivity index (χ0v) is 16.2. The minimum absolute atomic E-state index is 0.142. The van der Waals surface area contributed by atoms with Gasteiger partial charge in [0.05, 0.1) is 17.0 Å². The molecule has 1 fully saturated rings. The average Bonchev–Trinajstić information content (AvgIpc) is 3.30. The van der Waals surface area contributed by atoms with Crippen LogP contribution in [-0.2, 0) is 19.6 Å². The molecule has 1 aliphatic heterocycles. The summed E-state index contributed by atoms with van der Waals surface area (Å²) in [7, 11) is -3.25. The number of nitrogens with zero attached hydrogens (tertiary/aromatic N) is 2. The molecule has 7 nitrogen and oxygen atoms in total. The number of benzene rings is 1. The largest absolute Gasteiger partial charge is 0.452 e. The third kappa shape index (κ3) is 4.32. The van der Waals surface area contributed by atoms with Gasteiger partial charge in [-0.1, -0.05) is 6.08 Å². The number of ether oxygens (including phenoxy) is 1. The van der Waals surface area contributed by atoms with Crippen molar-refractivity contribution in [2.24, 2.45) is 0 Å². The normalized spacial score (nSPS) is 18.3. The van der Waals surface area contributed by atoms with Crippen LogP contribution in [0.25, 0.3) is 0 Å². The van der Waals surface area contributed by atoms with Crippen molar-refractivity contribution in [3.63, 3.8) is 0 Å². The molecule has 0 bridgehead atoms. The van der Waals surface area contributed by atoms with Crippen molar-refractivity contribution in [3.05, 3.63) is 41.6 Å². The summed E-state index contributed by atoms with van der Waals surface area (Å²) >= 11 is 0. The van der Waals surface area contributed by atoms with Gasteiger partial charge >= 0.3 is 5.97 Å². The first-order valence-corrected chi connectivity index (χ1v) is 10.8. The van der Waals surface area contributed by atoms with Crippen LogP contribution in [0.15, 0.2) is 36.0 Å². The molecular formula is C19H24N2O5S. The summed E-state index contributed by atoms with van der Waals surface area (Å²) in [4.78, 5) is 26.2. The van der Waals surface area contributed by atoms with Crippen LogP contribution < -0.4 is 4.31 Å². The molecule has 0 N–H and O–H groups in total. The Labute approximate surface area is 159 Å². The minimum Gasteiger partial charge on any atom is -0.452 e. The van der Waals surface area contributed by atoms with Gasteiger partial charge in [0, 0.05) is 18.8 Å². The monoisotopic (exact) mass is 392 g/mol. The van der Waals surface area contributed by atoms with E-state index < -0.39 is 16.0 Å². The van der Waals surface area contributed by atoms with E-state index in [0.717, 1.165) is 25.0 Å². The van der Waals surface area contributed by atoms with Gasteiger partial charge in [0.15, 0.2) is 6.61 Å². The maximum atomic E-state index is 12.3. The van der Waals surface area contributed by atoms with Crippen molar-refractivity contribution in [2.75, 3.05) is 29.8 Å². The molecule has 146 valence electrons. The third-order valence-corrected chi connectivity index (χ3v) is 6.67. The second kappa shape index (κ2) is 8.12. The van der Waals surface area contributed by atoms with Crippen molar-refractivity contribution in [2.45, 2.75) is 32.6 Å². The average molecular weight is 392 g/mol. The van der Waals surface area contributed by atoms with Crippen LogP contribution in [0, 0.1) is 0 Å². The molecule has 0 atom stereocenters. The molecular weight excluding hydrogens is 368 g/mol. The summed E-state index contributed by atoms with van der Waals surface area (Å²) in [6.07, 6.45) is 5.53. The number of likely N-dealkylation sites (N-methyl/N-ethyl adjacent to an activating group) is 1. The molecule has 0 aromatic heterocycles. The Morgan fingerprint density at radius 1 is 1.19 bits per heavy atom. The number of anilines is 1. The summed E-state index contributed by atoms with van der Waals surface area (Å²) in [6, 6.07) is 6.21. The van der Waals surface area contributed by atoms with Crippen LogP contribution in [0.4, 0.5) is 5.69 Å². The first kappa shape index (κ1) is 19.4. The highest BCUT2D eigenvalue weighted by Gasteiger charge is 2.28. The Morgan fingerprint density at radius 2 is 1.93 bits per heavy atom. The first-order chi connectivity index (χ1) is 12.9. The Morgan fingerprint density at radius 3 is 2.48 bits per heavy atom. The number of rotatable bonds is 6. The molecule has 0 radical (unpaired) electrons. The molecule has 3 rings (SSSR count). The second-order valence-electron chi connectivity index (χ2n) is 6.59. The molecule has 0 spiro atoms. The Balaban J connectivity index is 1.59. The number of hydrogen-bond acceptors (Lipinski definition) is 5. The lowest BCUT2D eigenvalue weighted by molar-refractivity contribution is -0.132. The fourth-order valence-electron chi connectivity index (χ4n) is 3.42. The van der Waals surface area contributed by atoms with Gasteiger partial charge in [-0.15, -0.1) is 0 Å². The van der Waals surface area contributed by atoms with Gasteiger partial charge in [-0.25, -0.2) is 13.2 Å². The Hall–Kier alpha value is -2.35. The predicted molar refractivity (Wildman–Crippen MR) is 102 cm³/mol. The van der Waals surface area contributed by atoms with Gasteiger partial charge in [-0.05, 0) is 56.9 Å².